The van der Waals surface area contributed by atoms with E-state index in [-0.39, 0.29) is 108 Å². The fraction of sp³-hybridized carbons (Fsp3) is 0.314. The molecule has 81 heavy (non-hydrogen) atoms. The first kappa shape index (κ1) is 65.1. The fourth-order valence-corrected chi connectivity index (χ4v) is 14.0. The molecule has 30 heteroatoms. The smallest absolute Gasteiger partial charge is 1.00 e. The first-order valence-corrected chi connectivity index (χ1v) is 33.1. The molecule has 0 bridgehead atoms. The van der Waals surface area contributed by atoms with Crippen LogP contribution < -0.4 is 49.4 Å². The molecule has 0 saturated heterocycles. The molecule has 5 aromatic carbocycles. The number of allylic oxidation sites excluding steroid dienone is 4. The number of rotatable bonds is 21. The average molecular weight is 1250 g/mol. The van der Waals surface area contributed by atoms with Crippen LogP contribution >= 0.6 is 0 Å². The van der Waals surface area contributed by atoms with Gasteiger partial charge in [-0.1, -0.05) is 64.6 Å². The molecule has 23 nitrogen and oxygen atoms in total. The first-order chi connectivity index (χ1) is 36.7. The van der Waals surface area contributed by atoms with E-state index in [9.17, 15) is 82.6 Å². The second kappa shape index (κ2) is 23.5. The van der Waals surface area contributed by atoms with Crippen LogP contribution in [0, 0.1) is 0 Å². The maximum absolute atomic E-state index is 12.8. The van der Waals surface area contributed by atoms with E-state index < -0.39 is 109 Å². The Morgan fingerprint density at radius 1 is 0.667 bits per heavy atom. The number of carbonyl (C=O) groups excluding carboxylic acids is 1. The van der Waals surface area contributed by atoms with Gasteiger partial charge < -0.3 is 21.3 Å². The van der Waals surface area contributed by atoms with Crippen molar-refractivity contribution in [1.29, 1.82) is 0 Å². The molecule has 2 aliphatic heterocycles. The molecule has 1 amide bonds. The maximum atomic E-state index is 12.8. The Labute approximate surface area is 493 Å². The van der Waals surface area contributed by atoms with Gasteiger partial charge in [-0.25, -0.2) is 0 Å². The Morgan fingerprint density at radius 3 is 1.64 bits per heavy atom. The Morgan fingerprint density at radius 2 is 1.16 bits per heavy atom. The average Bonchev–Trinajstić information content (AvgIpc) is 3.67. The summed E-state index contributed by atoms with van der Waals surface area (Å²) in [6.45, 7) is 12.1. The molecule has 0 aromatic heterocycles. The van der Waals surface area contributed by atoms with Gasteiger partial charge in [-0.05, 0) is 120 Å². The molecule has 434 valence electrons. The van der Waals surface area contributed by atoms with Gasteiger partial charge in [-0.15, -0.1) is 0 Å². The standard InChI is InChI=1S/C51H57N3O20S6.Na.H/c1-31(2)49(55)52-22-21-32-9-11-33(12-10-32)74-34(13-19-45-50(3,4)47-39-27-35(77(62,63)64)29-43(79(68,69)70)37(39)15-17-41(47)53(45)23-7-25-75(56,57)58)14-20-46-51(5,6)48-40-28-36(78(65,66)67)30-44(80(71,72)73)38(40)16-18-42(48)54(46)24-8-26-76(59,60)61;;/h9-20,27-30,45H,1,7-8,21-26H2,2-6H3,(H,52,55)(H,56,57,58)(H,59,60,61)(H,62,63,64)(H,65,66,67)(H,68,69,70)(H,71,72,73);;/q;+1;-1/b19-13+,34-14-,46-20-;;. The van der Waals surface area contributed by atoms with Gasteiger partial charge in [-0.3, -0.25) is 32.1 Å². The number of carbonyl (C=O) groups is 1. The molecule has 0 aliphatic carbocycles. The Bertz CT molecular complexity index is 4210. The number of anilines is 2. The normalized spacial score (nSPS) is 17.1. The summed E-state index contributed by atoms with van der Waals surface area (Å²) < 4.78 is 216. The molecule has 5 aromatic rings. The van der Waals surface area contributed by atoms with E-state index in [1.54, 1.807) is 80.8 Å². The van der Waals surface area contributed by atoms with Crippen molar-refractivity contribution in [3.63, 3.8) is 0 Å². The van der Waals surface area contributed by atoms with Crippen LogP contribution in [-0.4, -0.2) is 121 Å². The van der Waals surface area contributed by atoms with E-state index in [0.717, 1.165) is 17.7 Å². The summed E-state index contributed by atoms with van der Waals surface area (Å²) in [6.07, 6.45) is 6.34. The molecule has 0 saturated carbocycles. The van der Waals surface area contributed by atoms with Crippen molar-refractivity contribution >= 4 is 99.5 Å². The van der Waals surface area contributed by atoms with E-state index in [2.05, 4.69) is 11.9 Å². The Balaban J connectivity index is 0.00000616. The number of benzene rings is 5. The largest absolute Gasteiger partial charge is 1.00 e. The van der Waals surface area contributed by atoms with Crippen LogP contribution in [0.25, 0.3) is 21.5 Å². The summed E-state index contributed by atoms with van der Waals surface area (Å²) in [6, 6.07) is 14.7. The Hall–Kier alpha value is -5.09. The minimum absolute atomic E-state index is 0. The number of ether oxygens (including phenoxy) is 1. The molecule has 0 spiro atoms. The summed E-state index contributed by atoms with van der Waals surface area (Å²) in [5.41, 5.74) is 0.233. The molecule has 2 aliphatic rings. The summed E-state index contributed by atoms with van der Waals surface area (Å²) in [5, 5.41) is 2.46. The van der Waals surface area contributed by atoms with Crippen molar-refractivity contribution in [1.82, 2.24) is 5.32 Å². The second-order valence-corrected chi connectivity index (χ2v) is 29.0. The minimum Gasteiger partial charge on any atom is -1.00 e. The monoisotopic (exact) mass is 1250 g/mol. The summed E-state index contributed by atoms with van der Waals surface area (Å²) in [7, 11) is -29.5. The number of hydrogen-bond donors (Lipinski definition) is 7. The SMILES string of the molecule is C=C(C)C(=O)NCCc1ccc(OC(=C\C=C2/N(CCCS(=O)(=O)O)c3ccc4c(S(=O)(=O)O)cc(S(=O)(=O)O)cc4c3C2(C)C)/C=C/C2N(CCCS(=O)(=O)O)c3ccc4c(S(=O)(=O)O)cc(S(=O)(=O)O)cc4c3C2(C)C)cc1.[H-].[Na+]. The van der Waals surface area contributed by atoms with Crippen molar-refractivity contribution < 1.29 is 118 Å². The summed E-state index contributed by atoms with van der Waals surface area (Å²) in [4.78, 5) is 12.1. The molecule has 1 unspecified atom stereocenters. The van der Waals surface area contributed by atoms with Gasteiger partial charge in [0.2, 0.25) is 5.91 Å². The van der Waals surface area contributed by atoms with Crippen LogP contribution in [0.5, 0.6) is 5.75 Å². The van der Waals surface area contributed by atoms with Gasteiger partial charge in [0.05, 0.1) is 27.3 Å². The van der Waals surface area contributed by atoms with E-state index in [1.807, 2.05) is 0 Å². The molecule has 2 heterocycles. The number of hydrogen-bond acceptors (Lipinski definition) is 16. The maximum Gasteiger partial charge on any atom is 1.00 e. The van der Waals surface area contributed by atoms with Crippen LogP contribution in [0.1, 0.15) is 65.6 Å². The van der Waals surface area contributed by atoms with Crippen LogP contribution in [0.2, 0.25) is 0 Å². The predicted octanol–water partition coefficient (Wildman–Crippen LogP) is 3.55. The molecule has 0 radical (unpaired) electrons. The predicted molar refractivity (Wildman–Crippen MR) is 299 cm³/mol. The fourth-order valence-electron chi connectivity index (χ4n) is 10.3. The van der Waals surface area contributed by atoms with E-state index in [4.69, 9.17) is 4.74 Å². The van der Waals surface area contributed by atoms with Gasteiger partial charge in [0.1, 0.15) is 21.3 Å². The zero-order valence-electron chi connectivity index (χ0n) is 45.4. The van der Waals surface area contributed by atoms with Crippen molar-refractivity contribution in [2.75, 3.05) is 40.9 Å². The topological polar surface area (TPSA) is 371 Å². The van der Waals surface area contributed by atoms with Gasteiger partial charge >= 0.3 is 29.6 Å². The first-order valence-electron chi connectivity index (χ1n) is 24.1. The molecule has 7 rings (SSSR count). The quantitative estimate of drug-likeness (QED) is 0.0181. The third kappa shape index (κ3) is 14.6. The van der Waals surface area contributed by atoms with Crippen LogP contribution in [0.15, 0.2) is 140 Å². The van der Waals surface area contributed by atoms with Gasteiger partial charge in [0, 0.05) is 63.9 Å². The summed E-state index contributed by atoms with van der Waals surface area (Å²) >= 11 is 0. The number of nitrogens with one attached hydrogen (secondary N) is 1. The number of nitrogens with zero attached hydrogens (tertiary/aromatic N) is 2. The van der Waals surface area contributed by atoms with Gasteiger partial charge in [-0.2, -0.15) is 50.5 Å². The second-order valence-electron chi connectivity index (χ2n) is 20.3. The molecular formula is C51H58N3NaO20S6. The summed E-state index contributed by atoms with van der Waals surface area (Å²) in [5.74, 6) is -1.40. The van der Waals surface area contributed by atoms with Crippen molar-refractivity contribution in [3.8, 4) is 5.75 Å². The molecular weight excluding hydrogens is 1190 g/mol. The van der Waals surface area contributed by atoms with Crippen LogP contribution in [-0.2, 0) is 82.8 Å². The zero-order chi connectivity index (χ0) is 59.5. The van der Waals surface area contributed by atoms with Crippen LogP contribution in [0.4, 0.5) is 11.4 Å². The van der Waals surface area contributed by atoms with Crippen molar-refractivity contribution in [3.05, 3.63) is 137 Å². The molecule has 1 atom stereocenters. The number of amides is 1. The third-order valence-electron chi connectivity index (χ3n) is 13.8. The van der Waals surface area contributed by atoms with E-state index >= 15 is 0 Å². The van der Waals surface area contributed by atoms with Crippen molar-refractivity contribution in [2.45, 2.75) is 90.3 Å². The van der Waals surface area contributed by atoms with Crippen LogP contribution in [0.3, 0.4) is 0 Å². The molecule has 7 N–H and O–H groups in total. The third-order valence-corrected chi connectivity index (χ3v) is 18.9. The Kier molecular flexibility index (Phi) is 18.9. The van der Waals surface area contributed by atoms with Gasteiger partial charge in [0.15, 0.2) is 0 Å². The van der Waals surface area contributed by atoms with E-state index in [1.165, 1.54) is 36.4 Å². The number of fused-ring (bicyclic) bond motifs is 6. The minimum atomic E-state index is -5.13. The van der Waals surface area contributed by atoms with Crippen molar-refractivity contribution in [2.24, 2.45) is 0 Å². The van der Waals surface area contributed by atoms with E-state index in [0.29, 0.717) is 46.8 Å². The molecule has 0 fully saturated rings. The van der Waals surface area contributed by atoms with Gasteiger partial charge in [0.25, 0.3) is 60.7 Å². The zero-order valence-corrected chi connectivity index (χ0v) is 51.3.